The maximum atomic E-state index is 13.4. The SMILES string of the molecule is NC(CCC1CCCC1)c1cccc(-c2ccnc3[nH]nc(C(F)(F)F)c23)c1. The Morgan fingerprint density at radius 2 is 1.96 bits per heavy atom. The van der Waals surface area contributed by atoms with Gasteiger partial charge in [-0.25, -0.2) is 4.98 Å². The third kappa shape index (κ3) is 3.76. The Hall–Kier alpha value is -2.41. The van der Waals surface area contributed by atoms with Gasteiger partial charge < -0.3 is 5.73 Å². The van der Waals surface area contributed by atoms with E-state index in [-0.39, 0.29) is 17.1 Å². The Kier molecular flexibility index (Phi) is 5.10. The van der Waals surface area contributed by atoms with E-state index in [1.54, 1.807) is 12.1 Å². The average molecular weight is 388 g/mol. The van der Waals surface area contributed by atoms with Gasteiger partial charge in [0.05, 0.1) is 5.39 Å². The number of H-pyrrole nitrogens is 1. The van der Waals surface area contributed by atoms with Crippen LogP contribution in [0.25, 0.3) is 22.2 Å². The van der Waals surface area contributed by atoms with E-state index in [1.165, 1.54) is 31.9 Å². The van der Waals surface area contributed by atoms with Crippen LogP contribution < -0.4 is 5.73 Å². The van der Waals surface area contributed by atoms with E-state index in [2.05, 4.69) is 15.2 Å². The fraction of sp³-hybridized carbons (Fsp3) is 0.429. The number of hydrogen-bond donors (Lipinski definition) is 2. The molecule has 0 aliphatic heterocycles. The van der Waals surface area contributed by atoms with Crippen molar-refractivity contribution in [1.82, 2.24) is 15.2 Å². The average Bonchev–Trinajstić information content (AvgIpc) is 3.35. The summed E-state index contributed by atoms with van der Waals surface area (Å²) in [5, 5.41) is 5.83. The van der Waals surface area contributed by atoms with Gasteiger partial charge in [-0.05, 0) is 47.6 Å². The van der Waals surface area contributed by atoms with Crippen LogP contribution in [0.5, 0.6) is 0 Å². The van der Waals surface area contributed by atoms with Crippen LogP contribution in [0.15, 0.2) is 36.5 Å². The summed E-state index contributed by atoms with van der Waals surface area (Å²) in [6.45, 7) is 0. The molecule has 1 unspecified atom stereocenters. The summed E-state index contributed by atoms with van der Waals surface area (Å²) in [6, 6.07) is 8.96. The summed E-state index contributed by atoms with van der Waals surface area (Å²) in [5.74, 6) is 0.759. The summed E-state index contributed by atoms with van der Waals surface area (Å²) in [6.07, 6.45) is 4.10. The van der Waals surface area contributed by atoms with Crippen LogP contribution in [0.3, 0.4) is 0 Å². The molecule has 0 spiro atoms. The predicted octanol–water partition coefficient (Wildman–Crippen LogP) is 5.61. The fourth-order valence-electron chi connectivity index (χ4n) is 4.21. The number of nitrogens with one attached hydrogen (secondary N) is 1. The maximum Gasteiger partial charge on any atom is 0.435 e. The molecular formula is C21H23F3N4. The first-order valence-electron chi connectivity index (χ1n) is 9.69. The molecule has 28 heavy (non-hydrogen) atoms. The molecule has 2 heterocycles. The number of fused-ring (bicyclic) bond motifs is 1. The second-order valence-electron chi connectivity index (χ2n) is 7.61. The molecule has 3 aromatic rings. The molecular weight excluding hydrogens is 365 g/mol. The second kappa shape index (κ2) is 7.54. The fourth-order valence-corrected chi connectivity index (χ4v) is 4.21. The Bertz CT molecular complexity index is 958. The number of halogens is 3. The van der Waals surface area contributed by atoms with Crippen molar-refractivity contribution in [2.24, 2.45) is 11.7 Å². The van der Waals surface area contributed by atoms with Crippen LogP contribution in [0.2, 0.25) is 0 Å². The van der Waals surface area contributed by atoms with Crippen molar-refractivity contribution >= 4 is 11.0 Å². The standard InChI is InChI=1S/C21H23F3N4/c22-21(23,24)19-18-16(10-11-26-20(18)28-27-19)14-6-3-7-15(12-14)17(25)9-8-13-4-1-2-5-13/h3,6-7,10-13,17H,1-2,4-5,8-9,25H2,(H,26,27,28). The zero-order valence-electron chi connectivity index (χ0n) is 15.5. The van der Waals surface area contributed by atoms with Gasteiger partial charge in [-0.2, -0.15) is 18.3 Å². The molecule has 1 saturated carbocycles. The van der Waals surface area contributed by atoms with Gasteiger partial charge in [0.2, 0.25) is 0 Å². The van der Waals surface area contributed by atoms with E-state index in [4.69, 9.17) is 5.73 Å². The van der Waals surface area contributed by atoms with Crippen LogP contribution in [0, 0.1) is 5.92 Å². The van der Waals surface area contributed by atoms with Gasteiger partial charge in [0.15, 0.2) is 11.3 Å². The topological polar surface area (TPSA) is 67.6 Å². The molecule has 0 amide bonds. The zero-order chi connectivity index (χ0) is 19.7. The molecule has 1 atom stereocenters. The molecule has 3 N–H and O–H groups in total. The molecule has 1 aromatic carbocycles. The van der Waals surface area contributed by atoms with E-state index in [9.17, 15) is 13.2 Å². The smallest absolute Gasteiger partial charge is 0.324 e. The minimum absolute atomic E-state index is 0.00771. The molecule has 4 rings (SSSR count). The van der Waals surface area contributed by atoms with E-state index in [0.717, 1.165) is 24.3 Å². The highest BCUT2D eigenvalue weighted by Gasteiger charge is 2.37. The molecule has 7 heteroatoms. The zero-order valence-corrected chi connectivity index (χ0v) is 15.5. The Balaban J connectivity index is 1.65. The van der Waals surface area contributed by atoms with Gasteiger partial charge >= 0.3 is 6.18 Å². The number of nitrogens with two attached hydrogens (primary N) is 1. The van der Waals surface area contributed by atoms with E-state index >= 15 is 0 Å². The second-order valence-corrected chi connectivity index (χ2v) is 7.61. The quantitative estimate of drug-likeness (QED) is 0.597. The number of pyridine rings is 1. The Labute approximate surface area is 161 Å². The number of nitrogens with zero attached hydrogens (tertiary/aromatic N) is 2. The summed E-state index contributed by atoms with van der Waals surface area (Å²) >= 11 is 0. The molecule has 1 fully saturated rings. The molecule has 0 radical (unpaired) electrons. The molecule has 1 aliphatic rings. The van der Waals surface area contributed by atoms with Gasteiger partial charge in [-0.15, -0.1) is 0 Å². The van der Waals surface area contributed by atoms with Crippen LogP contribution in [0.4, 0.5) is 13.2 Å². The lowest BCUT2D eigenvalue weighted by molar-refractivity contribution is -0.139. The number of rotatable bonds is 5. The molecule has 0 bridgehead atoms. The van der Waals surface area contributed by atoms with Crippen LogP contribution >= 0.6 is 0 Å². The molecule has 1 aliphatic carbocycles. The molecule has 2 aromatic heterocycles. The number of hydrogen-bond acceptors (Lipinski definition) is 3. The predicted molar refractivity (Wildman–Crippen MR) is 102 cm³/mol. The Morgan fingerprint density at radius 1 is 1.18 bits per heavy atom. The highest BCUT2D eigenvalue weighted by molar-refractivity contribution is 5.94. The lowest BCUT2D eigenvalue weighted by Crippen LogP contribution is -2.12. The first-order chi connectivity index (χ1) is 13.4. The van der Waals surface area contributed by atoms with Gasteiger partial charge in [0, 0.05) is 12.2 Å². The van der Waals surface area contributed by atoms with Gasteiger partial charge in [-0.1, -0.05) is 43.9 Å². The van der Waals surface area contributed by atoms with Gasteiger partial charge in [0.25, 0.3) is 0 Å². The summed E-state index contributed by atoms with van der Waals surface area (Å²) in [5.41, 5.74) is 7.67. The monoisotopic (exact) mass is 388 g/mol. The van der Waals surface area contributed by atoms with Crippen molar-refractivity contribution in [1.29, 1.82) is 0 Å². The minimum atomic E-state index is -4.55. The van der Waals surface area contributed by atoms with Crippen LogP contribution in [-0.2, 0) is 6.18 Å². The summed E-state index contributed by atoms with van der Waals surface area (Å²) in [7, 11) is 0. The van der Waals surface area contributed by atoms with E-state index < -0.39 is 11.9 Å². The van der Waals surface area contributed by atoms with Crippen molar-refractivity contribution in [3.05, 3.63) is 47.8 Å². The largest absolute Gasteiger partial charge is 0.435 e. The molecule has 148 valence electrons. The normalized spacial score (nSPS) is 16.7. The number of benzene rings is 1. The van der Waals surface area contributed by atoms with Gasteiger partial charge in [0.1, 0.15) is 0 Å². The Morgan fingerprint density at radius 3 is 2.71 bits per heavy atom. The minimum Gasteiger partial charge on any atom is -0.324 e. The first kappa shape index (κ1) is 18.9. The lowest BCUT2D eigenvalue weighted by Gasteiger charge is -2.16. The van der Waals surface area contributed by atoms with E-state index in [1.807, 2.05) is 18.2 Å². The number of aromatic amines is 1. The highest BCUT2D eigenvalue weighted by Crippen LogP contribution is 2.38. The third-order valence-corrected chi connectivity index (χ3v) is 5.72. The van der Waals surface area contributed by atoms with Crippen LogP contribution in [-0.4, -0.2) is 15.2 Å². The highest BCUT2D eigenvalue weighted by atomic mass is 19.4. The number of aromatic nitrogens is 3. The van der Waals surface area contributed by atoms with Crippen molar-refractivity contribution < 1.29 is 13.2 Å². The molecule has 0 saturated heterocycles. The van der Waals surface area contributed by atoms with Crippen molar-refractivity contribution in [2.45, 2.75) is 50.7 Å². The van der Waals surface area contributed by atoms with E-state index in [0.29, 0.717) is 11.1 Å². The summed E-state index contributed by atoms with van der Waals surface area (Å²) in [4.78, 5) is 3.99. The maximum absolute atomic E-state index is 13.4. The third-order valence-electron chi connectivity index (χ3n) is 5.72. The van der Waals surface area contributed by atoms with Crippen molar-refractivity contribution in [2.75, 3.05) is 0 Å². The van der Waals surface area contributed by atoms with Crippen molar-refractivity contribution in [3.8, 4) is 11.1 Å². The number of alkyl halides is 3. The first-order valence-corrected chi connectivity index (χ1v) is 9.69. The van der Waals surface area contributed by atoms with Crippen LogP contribution in [0.1, 0.15) is 55.8 Å². The van der Waals surface area contributed by atoms with Crippen molar-refractivity contribution in [3.63, 3.8) is 0 Å². The van der Waals surface area contributed by atoms with Gasteiger partial charge in [-0.3, -0.25) is 5.10 Å². The molecule has 4 nitrogen and oxygen atoms in total. The lowest BCUT2D eigenvalue weighted by atomic mass is 9.93. The summed E-state index contributed by atoms with van der Waals surface area (Å²) < 4.78 is 40.1.